The Kier molecular flexibility index (Phi) is 17.1. The predicted molar refractivity (Wildman–Crippen MR) is 174 cm³/mol. The van der Waals surface area contributed by atoms with Crippen molar-refractivity contribution < 1.29 is 74.4 Å². The van der Waals surface area contributed by atoms with Gasteiger partial charge in [-0.2, -0.15) is 0 Å². The monoisotopic (exact) mass is 710 g/mol. The Bertz CT molecular complexity index is 975. The van der Waals surface area contributed by atoms with Crippen LogP contribution in [-0.2, 0) is 28.4 Å². The van der Waals surface area contributed by atoms with Crippen molar-refractivity contribution in [2.45, 2.75) is 170 Å². The van der Waals surface area contributed by atoms with Crippen molar-refractivity contribution in [1.29, 1.82) is 0 Å². The Hall–Kier alpha value is -1.02. The van der Waals surface area contributed by atoms with Crippen molar-refractivity contribution in [3.05, 3.63) is 11.8 Å². The average molecular weight is 711 g/mol. The highest BCUT2D eigenvalue weighted by atomic mass is 16.7. The lowest BCUT2D eigenvalue weighted by Crippen LogP contribution is -2.61. The molecule has 0 bridgehead atoms. The zero-order chi connectivity index (χ0) is 36.4. The highest BCUT2D eigenvalue weighted by molar-refractivity contribution is 5.07. The summed E-state index contributed by atoms with van der Waals surface area (Å²) in [7, 11) is 0. The van der Waals surface area contributed by atoms with Gasteiger partial charge in [0.05, 0.1) is 62.0 Å². The fraction of sp³-hybridized carbons (Fsp3) is 0.941. The van der Waals surface area contributed by atoms with E-state index in [1.54, 1.807) is 0 Å². The van der Waals surface area contributed by atoms with E-state index in [9.17, 15) is 46.0 Å². The highest BCUT2D eigenvalue weighted by Gasteiger charge is 2.51. The minimum Gasteiger partial charge on any atom is -0.489 e. The molecule has 0 saturated carbocycles. The first-order chi connectivity index (χ1) is 23.4. The third kappa shape index (κ3) is 10.3. The molecule has 0 aromatic carbocycles. The van der Waals surface area contributed by atoms with Gasteiger partial charge in [-0.25, -0.2) is 0 Å². The molecule has 9 N–H and O–H groups in total. The zero-order valence-electron chi connectivity index (χ0n) is 29.4. The molecule has 0 spiro atoms. The lowest BCUT2D eigenvalue weighted by molar-refractivity contribution is -0.326. The molecule has 3 rings (SSSR count). The third-order valence-electron chi connectivity index (χ3n) is 10.6. The Balaban J connectivity index is 1.79. The fourth-order valence-electron chi connectivity index (χ4n) is 7.50. The van der Waals surface area contributed by atoms with Crippen LogP contribution in [0.25, 0.3) is 0 Å². The molecule has 0 aromatic rings. The van der Waals surface area contributed by atoms with Crippen LogP contribution in [0.3, 0.4) is 0 Å². The third-order valence-corrected chi connectivity index (χ3v) is 10.6. The Morgan fingerprint density at radius 3 is 2.04 bits per heavy atom. The zero-order valence-corrected chi connectivity index (χ0v) is 29.4. The number of hydrogen-bond donors (Lipinski definition) is 9. The van der Waals surface area contributed by atoms with E-state index >= 15 is 0 Å². The lowest BCUT2D eigenvalue weighted by atomic mass is 9.82. The Morgan fingerprint density at radius 1 is 0.837 bits per heavy atom. The van der Waals surface area contributed by atoms with E-state index in [0.29, 0.717) is 25.7 Å². The molecule has 2 saturated heterocycles. The van der Waals surface area contributed by atoms with Crippen LogP contribution in [-0.4, -0.2) is 164 Å². The molecular formula is C34H62O15. The van der Waals surface area contributed by atoms with Crippen molar-refractivity contribution in [2.75, 3.05) is 33.0 Å². The van der Waals surface area contributed by atoms with Gasteiger partial charge >= 0.3 is 0 Å². The second-order valence-corrected chi connectivity index (χ2v) is 13.5. The molecule has 3 aliphatic rings. The minimum atomic E-state index is -1.25. The Labute approximate surface area is 289 Å². The van der Waals surface area contributed by atoms with Crippen molar-refractivity contribution in [1.82, 2.24) is 0 Å². The van der Waals surface area contributed by atoms with E-state index in [1.807, 2.05) is 27.7 Å². The number of aliphatic hydroxyl groups excluding tert-OH is 9. The van der Waals surface area contributed by atoms with Gasteiger partial charge in [-0.3, -0.25) is 0 Å². The van der Waals surface area contributed by atoms with Crippen LogP contribution in [0.1, 0.15) is 85.5 Å². The van der Waals surface area contributed by atoms with E-state index in [2.05, 4.69) is 0 Å². The van der Waals surface area contributed by atoms with E-state index in [1.165, 1.54) is 6.08 Å². The molecule has 15 heteroatoms. The Morgan fingerprint density at radius 2 is 1.49 bits per heavy atom. The van der Waals surface area contributed by atoms with Crippen LogP contribution in [0.5, 0.6) is 0 Å². The number of ether oxygens (including phenoxy) is 6. The van der Waals surface area contributed by atoms with Crippen molar-refractivity contribution >= 4 is 0 Å². The molecule has 0 amide bonds. The molecule has 12 atom stereocenters. The molecular weight excluding hydrogens is 648 g/mol. The van der Waals surface area contributed by atoms with E-state index in [4.69, 9.17) is 28.4 Å². The van der Waals surface area contributed by atoms with E-state index < -0.39 is 111 Å². The predicted octanol–water partition coefficient (Wildman–Crippen LogP) is -0.610. The van der Waals surface area contributed by atoms with Crippen molar-refractivity contribution in [3.63, 3.8) is 0 Å². The van der Waals surface area contributed by atoms with Gasteiger partial charge in [-0.1, -0.05) is 27.7 Å². The first-order valence-corrected chi connectivity index (χ1v) is 17.9. The van der Waals surface area contributed by atoms with Gasteiger partial charge in [0.1, 0.15) is 48.5 Å². The lowest BCUT2D eigenvalue weighted by Gasteiger charge is -2.50. The van der Waals surface area contributed by atoms with Gasteiger partial charge in [0.25, 0.3) is 0 Å². The summed E-state index contributed by atoms with van der Waals surface area (Å²) in [4.78, 5) is 0. The summed E-state index contributed by atoms with van der Waals surface area (Å²) in [5, 5.41) is 92.4. The van der Waals surface area contributed by atoms with E-state index in [0.717, 1.165) is 0 Å². The van der Waals surface area contributed by atoms with Crippen LogP contribution in [0, 0.1) is 0 Å². The fourth-order valence-corrected chi connectivity index (χ4v) is 7.50. The summed E-state index contributed by atoms with van der Waals surface area (Å²) in [5.41, 5.74) is -1.94. The highest BCUT2D eigenvalue weighted by Crippen LogP contribution is 2.41. The number of rotatable bonds is 20. The van der Waals surface area contributed by atoms with Crippen LogP contribution < -0.4 is 0 Å². The molecule has 15 nitrogen and oxygen atoms in total. The largest absolute Gasteiger partial charge is 0.489 e. The maximum Gasteiger partial charge on any atom is 0.161 e. The summed E-state index contributed by atoms with van der Waals surface area (Å²) in [6, 6.07) is 0. The second-order valence-electron chi connectivity index (χ2n) is 13.5. The molecule has 288 valence electrons. The van der Waals surface area contributed by atoms with Gasteiger partial charge in [-0.15, -0.1) is 0 Å². The van der Waals surface area contributed by atoms with Gasteiger partial charge in [0.2, 0.25) is 0 Å². The smallest absolute Gasteiger partial charge is 0.161 e. The average Bonchev–Trinajstić information content (AvgIpc) is 3.10. The molecule has 0 aliphatic carbocycles. The standard InChI is InChI=1S/C34H62O15/c1-5-33(6-2,48-22(9-10-35)12-21(41)16-36)29-14-24(42)32(27(19-39)45-29)47-30-15-25(31(43)26(18-38)46-30)49-34(7-3,8-4)28-13-20(40)11-23(17-37)44-28/h11,20-22,24-32,35-43H,5-10,12-19H2,1-4H3/t20?,21?,22?,24?,25?,26?,27?,28?,29?,30?,31-,32-/m0/s1. The summed E-state index contributed by atoms with van der Waals surface area (Å²) < 4.78 is 37.6. The molecule has 10 unspecified atom stereocenters. The van der Waals surface area contributed by atoms with Crippen molar-refractivity contribution in [2.24, 2.45) is 0 Å². The molecule has 3 heterocycles. The molecule has 2 fully saturated rings. The maximum absolute atomic E-state index is 11.5. The topological polar surface area (TPSA) is 237 Å². The van der Waals surface area contributed by atoms with Crippen molar-refractivity contribution in [3.8, 4) is 0 Å². The second kappa shape index (κ2) is 19.7. The number of aliphatic hydroxyl groups is 9. The van der Waals surface area contributed by atoms with Crippen LogP contribution in [0.4, 0.5) is 0 Å². The molecule has 0 radical (unpaired) electrons. The SMILES string of the molecule is CCC(CC)(OC(CCO)CC(O)CO)C1CC(O)[C@H](OC2CC(OC(CC)(CC)C3CC(O)C=C(CO)O3)[C@H](O)C(CO)O2)C(CO)O1. The van der Waals surface area contributed by atoms with Gasteiger partial charge in [0, 0.05) is 32.3 Å². The van der Waals surface area contributed by atoms with Crippen LogP contribution in [0.15, 0.2) is 11.8 Å². The summed E-state index contributed by atoms with van der Waals surface area (Å²) in [6.07, 6.45) is -7.57. The quantitative estimate of drug-likeness (QED) is 0.0766. The minimum absolute atomic E-state index is 0.00479. The van der Waals surface area contributed by atoms with Gasteiger partial charge < -0.3 is 74.4 Å². The maximum atomic E-state index is 11.5. The summed E-state index contributed by atoms with van der Waals surface area (Å²) >= 11 is 0. The van der Waals surface area contributed by atoms with Crippen LogP contribution >= 0.6 is 0 Å². The first kappa shape index (κ1) is 42.4. The number of hydrogen-bond acceptors (Lipinski definition) is 15. The first-order valence-electron chi connectivity index (χ1n) is 17.9. The molecule has 3 aliphatic heterocycles. The summed E-state index contributed by atoms with van der Waals surface area (Å²) in [5.74, 6) is 0.229. The van der Waals surface area contributed by atoms with Gasteiger partial charge in [-0.05, 0) is 38.2 Å². The normalized spacial score (nSPS) is 34.3. The van der Waals surface area contributed by atoms with Crippen LogP contribution in [0.2, 0.25) is 0 Å². The van der Waals surface area contributed by atoms with E-state index in [-0.39, 0.29) is 44.5 Å². The molecule has 49 heavy (non-hydrogen) atoms. The summed E-state index contributed by atoms with van der Waals surface area (Å²) in [6.45, 7) is 5.49. The van der Waals surface area contributed by atoms with Gasteiger partial charge in [0.15, 0.2) is 6.29 Å². The molecule has 0 aromatic heterocycles.